The van der Waals surface area contributed by atoms with Crippen LogP contribution in [0.4, 0.5) is 5.13 Å². The number of carbonyl (C=O) groups excluding carboxylic acids is 2. The van der Waals surface area contributed by atoms with Gasteiger partial charge in [-0.2, -0.15) is 0 Å². The molecule has 2 aliphatic rings. The fraction of sp³-hybridized carbons (Fsp3) is 0.583. The van der Waals surface area contributed by atoms with E-state index in [-0.39, 0.29) is 37.0 Å². The van der Waals surface area contributed by atoms with Crippen molar-refractivity contribution in [1.82, 2.24) is 15.3 Å². The van der Waals surface area contributed by atoms with Crippen LogP contribution in [0.5, 0.6) is 0 Å². The third kappa shape index (κ3) is 5.19. The van der Waals surface area contributed by atoms with Crippen molar-refractivity contribution in [1.29, 1.82) is 0 Å². The van der Waals surface area contributed by atoms with Gasteiger partial charge in [-0.1, -0.05) is 11.3 Å². The number of ether oxygens (including phenoxy) is 2. The van der Waals surface area contributed by atoms with Gasteiger partial charge in [0.25, 0.3) is 0 Å². The topological polar surface area (TPSA) is 93.7 Å². The SMILES string of the molecule is Cc1cc(-c2sc(N3C[C@@H](C)O[C@@H](C)C3)nc2CNC(=O)C2CC(=O)OC2(C)C)cc(C)n1. The first-order chi connectivity index (χ1) is 15.5. The first-order valence-corrected chi connectivity index (χ1v) is 12.2. The molecule has 2 aromatic rings. The number of aromatic nitrogens is 2. The lowest BCUT2D eigenvalue weighted by Crippen LogP contribution is -2.45. The number of amides is 1. The zero-order valence-electron chi connectivity index (χ0n) is 20.1. The average Bonchev–Trinajstić information content (AvgIpc) is 3.24. The van der Waals surface area contributed by atoms with Gasteiger partial charge in [0.1, 0.15) is 5.60 Å². The Morgan fingerprint density at radius 3 is 2.39 bits per heavy atom. The van der Waals surface area contributed by atoms with E-state index in [0.717, 1.165) is 45.7 Å². The number of thiazole rings is 1. The van der Waals surface area contributed by atoms with Crippen LogP contribution in [0.3, 0.4) is 0 Å². The molecule has 1 unspecified atom stereocenters. The highest BCUT2D eigenvalue weighted by Crippen LogP contribution is 2.37. The van der Waals surface area contributed by atoms with Crippen LogP contribution in [0, 0.1) is 19.8 Å². The van der Waals surface area contributed by atoms with Crippen LogP contribution in [-0.4, -0.2) is 52.7 Å². The summed E-state index contributed by atoms with van der Waals surface area (Å²) < 4.78 is 11.2. The van der Waals surface area contributed by atoms with Crippen molar-refractivity contribution in [3.05, 3.63) is 29.2 Å². The fourth-order valence-corrected chi connectivity index (χ4v) is 5.73. The predicted octanol–water partition coefficient (Wildman–Crippen LogP) is 3.39. The molecule has 33 heavy (non-hydrogen) atoms. The van der Waals surface area contributed by atoms with Gasteiger partial charge in [0.2, 0.25) is 5.91 Å². The average molecular weight is 473 g/mol. The van der Waals surface area contributed by atoms with Gasteiger partial charge in [-0.05, 0) is 59.2 Å². The maximum atomic E-state index is 12.9. The monoisotopic (exact) mass is 472 g/mol. The van der Waals surface area contributed by atoms with E-state index in [2.05, 4.69) is 29.0 Å². The Hall–Kier alpha value is -2.52. The van der Waals surface area contributed by atoms with Crippen LogP contribution >= 0.6 is 11.3 Å². The number of cyclic esters (lactones) is 1. The number of morpholine rings is 1. The minimum absolute atomic E-state index is 0.0975. The van der Waals surface area contributed by atoms with Crippen molar-refractivity contribution in [3.63, 3.8) is 0 Å². The molecule has 0 bridgehead atoms. The van der Waals surface area contributed by atoms with Gasteiger partial charge in [-0.3, -0.25) is 14.6 Å². The van der Waals surface area contributed by atoms with Crippen LogP contribution < -0.4 is 10.2 Å². The van der Waals surface area contributed by atoms with Gasteiger partial charge >= 0.3 is 5.97 Å². The molecule has 1 N–H and O–H groups in total. The van der Waals surface area contributed by atoms with Crippen LogP contribution in [0.2, 0.25) is 0 Å². The van der Waals surface area contributed by atoms with Crippen molar-refractivity contribution in [3.8, 4) is 10.4 Å². The summed E-state index contributed by atoms with van der Waals surface area (Å²) in [5.41, 5.74) is 2.92. The molecule has 0 aliphatic carbocycles. The second kappa shape index (κ2) is 9.02. The lowest BCUT2D eigenvalue weighted by Gasteiger charge is -2.35. The van der Waals surface area contributed by atoms with Crippen molar-refractivity contribution in [2.75, 3.05) is 18.0 Å². The number of carbonyl (C=O) groups is 2. The van der Waals surface area contributed by atoms with E-state index in [9.17, 15) is 9.59 Å². The highest BCUT2D eigenvalue weighted by molar-refractivity contribution is 7.19. The Bertz CT molecular complexity index is 1040. The number of esters is 1. The lowest BCUT2D eigenvalue weighted by atomic mass is 9.90. The zero-order valence-corrected chi connectivity index (χ0v) is 20.9. The van der Waals surface area contributed by atoms with E-state index in [0.29, 0.717) is 0 Å². The molecule has 0 aromatic carbocycles. The maximum Gasteiger partial charge on any atom is 0.307 e. The molecule has 3 atom stereocenters. The minimum Gasteiger partial charge on any atom is -0.459 e. The van der Waals surface area contributed by atoms with Gasteiger partial charge in [0, 0.05) is 24.5 Å². The quantitative estimate of drug-likeness (QED) is 0.667. The first kappa shape index (κ1) is 23.6. The molecule has 0 spiro atoms. The molecular weight excluding hydrogens is 440 g/mol. The van der Waals surface area contributed by atoms with Gasteiger partial charge in [0.05, 0.1) is 41.7 Å². The molecule has 0 radical (unpaired) electrons. The van der Waals surface area contributed by atoms with Gasteiger partial charge in [-0.15, -0.1) is 0 Å². The van der Waals surface area contributed by atoms with E-state index in [1.54, 1.807) is 25.2 Å². The highest BCUT2D eigenvalue weighted by atomic mass is 32.1. The molecule has 9 heteroatoms. The second-order valence-corrected chi connectivity index (χ2v) is 10.6. The zero-order chi connectivity index (χ0) is 23.9. The van der Waals surface area contributed by atoms with Crippen LogP contribution in [0.25, 0.3) is 10.4 Å². The van der Waals surface area contributed by atoms with Gasteiger partial charge < -0.3 is 19.7 Å². The number of nitrogens with one attached hydrogen (secondary N) is 1. The number of hydrogen-bond acceptors (Lipinski definition) is 8. The largest absolute Gasteiger partial charge is 0.459 e. The third-order valence-electron chi connectivity index (χ3n) is 6.05. The number of hydrogen-bond donors (Lipinski definition) is 1. The molecular formula is C24H32N4O4S. The minimum atomic E-state index is -0.809. The van der Waals surface area contributed by atoms with Crippen LogP contribution in [0.1, 0.15) is 51.2 Å². The summed E-state index contributed by atoms with van der Waals surface area (Å²) in [5, 5.41) is 3.92. The van der Waals surface area contributed by atoms with E-state index in [4.69, 9.17) is 14.5 Å². The Balaban J connectivity index is 1.62. The van der Waals surface area contributed by atoms with E-state index in [1.165, 1.54) is 0 Å². The highest BCUT2D eigenvalue weighted by Gasteiger charge is 2.46. The Kier molecular flexibility index (Phi) is 6.46. The van der Waals surface area contributed by atoms with E-state index in [1.807, 2.05) is 26.0 Å². The van der Waals surface area contributed by atoms with Crippen molar-refractivity contribution >= 4 is 28.3 Å². The van der Waals surface area contributed by atoms with Crippen molar-refractivity contribution in [2.24, 2.45) is 5.92 Å². The van der Waals surface area contributed by atoms with Crippen molar-refractivity contribution in [2.45, 2.75) is 72.3 Å². The summed E-state index contributed by atoms with van der Waals surface area (Å²) >= 11 is 1.63. The van der Waals surface area contributed by atoms with Gasteiger partial charge in [0.15, 0.2) is 5.13 Å². The first-order valence-electron chi connectivity index (χ1n) is 11.4. The summed E-state index contributed by atoms with van der Waals surface area (Å²) in [4.78, 5) is 37.4. The molecule has 4 heterocycles. The van der Waals surface area contributed by atoms with Crippen LogP contribution in [-0.2, 0) is 25.6 Å². The lowest BCUT2D eigenvalue weighted by molar-refractivity contribution is -0.147. The summed E-state index contributed by atoms with van der Waals surface area (Å²) in [5.74, 6) is -1.05. The molecule has 2 aliphatic heterocycles. The third-order valence-corrected chi connectivity index (χ3v) is 7.26. The molecule has 1 amide bonds. The molecule has 178 valence electrons. The van der Waals surface area contributed by atoms with Crippen molar-refractivity contribution < 1.29 is 19.1 Å². The Morgan fingerprint density at radius 1 is 1.18 bits per heavy atom. The number of rotatable bonds is 5. The molecule has 2 saturated heterocycles. The molecule has 2 fully saturated rings. The molecule has 4 rings (SSSR count). The summed E-state index contributed by atoms with van der Waals surface area (Å²) in [7, 11) is 0. The van der Waals surface area contributed by atoms with Crippen LogP contribution in [0.15, 0.2) is 12.1 Å². The smallest absolute Gasteiger partial charge is 0.307 e. The second-order valence-electron chi connectivity index (χ2n) is 9.63. The number of pyridine rings is 1. The summed E-state index contributed by atoms with van der Waals surface area (Å²) in [6.07, 6.45) is 0.342. The molecule has 0 saturated carbocycles. The Morgan fingerprint density at radius 2 is 1.82 bits per heavy atom. The standard InChI is InChI=1S/C24H32N4O4S/c1-13-7-17(8-14(2)26-13)21-19(10-25-22(30)18-9-20(29)32-24(18,5)6)27-23(33-21)28-11-15(3)31-16(4)12-28/h7-8,15-16,18H,9-12H2,1-6H3,(H,25,30)/t15-,16+,18?. The number of nitrogens with zero attached hydrogens (tertiary/aromatic N) is 3. The number of aryl methyl sites for hydroxylation is 2. The Labute approximate surface area is 198 Å². The van der Waals surface area contributed by atoms with E-state index < -0.39 is 11.5 Å². The summed E-state index contributed by atoms with van der Waals surface area (Å²) in [6.45, 7) is 13.5. The maximum absolute atomic E-state index is 12.9. The van der Waals surface area contributed by atoms with Gasteiger partial charge in [-0.25, -0.2) is 4.98 Å². The number of anilines is 1. The normalized spacial score (nSPS) is 24.6. The fourth-order valence-electron chi connectivity index (χ4n) is 4.64. The molecule has 2 aromatic heterocycles. The predicted molar refractivity (Wildman–Crippen MR) is 127 cm³/mol. The summed E-state index contributed by atoms with van der Waals surface area (Å²) in [6, 6.07) is 4.10. The molecule has 8 nitrogen and oxygen atoms in total. The van der Waals surface area contributed by atoms with E-state index >= 15 is 0 Å².